The second-order valence-corrected chi connectivity index (χ2v) is 7.27. The van der Waals surface area contributed by atoms with Crippen molar-refractivity contribution in [1.29, 1.82) is 0 Å². The SMILES string of the molecule is CCN(CC)C(CNC(=O)C(C)SCc1ccccc1)c1ccco1. The van der Waals surface area contributed by atoms with Crippen molar-refractivity contribution in [3.05, 3.63) is 60.1 Å². The third-order valence-electron chi connectivity index (χ3n) is 4.31. The molecule has 0 spiro atoms. The van der Waals surface area contributed by atoms with E-state index in [4.69, 9.17) is 4.42 Å². The van der Waals surface area contributed by atoms with Crippen LogP contribution in [0.1, 0.15) is 38.1 Å². The van der Waals surface area contributed by atoms with Crippen LogP contribution in [0.25, 0.3) is 0 Å². The fourth-order valence-corrected chi connectivity index (χ4v) is 3.64. The highest BCUT2D eigenvalue weighted by Crippen LogP contribution is 2.21. The quantitative estimate of drug-likeness (QED) is 0.693. The number of nitrogens with zero attached hydrogens (tertiary/aromatic N) is 1. The van der Waals surface area contributed by atoms with E-state index in [1.807, 2.05) is 37.3 Å². The van der Waals surface area contributed by atoms with Gasteiger partial charge in [-0.25, -0.2) is 0 Å². The predicted octanol–water partition coefficient (Wildman–Crippen LogP) is 4.10. The molecule has 0 aliphatic rings. The number of likely N-dealkylation sites (N-methyl/N-ethyl adjacent to an activating group) is 1. The maximum absolute atomic E-state index is 12.5. The number of nitrogens with one attached hydrogen (secondary N) is 1. The average Bonchev–Trinajstić information content (AvgIpc) is 3.18. The number of hydrogen-bond acceptors (Lipinski definition) is 4. The molecule has 5 heteroatoms. The Morgan fingerprint density at radius 1 is 1.16 bits per heavy atom. The Hall–Kier alpha value is -1.72. The molecule has 1 N–H and O–H groups in total. The summed E-state index contributed by atoms with van der Waals surface area (Å²) in [6.45, 7) is 8.60. The number of carbonyl (C=O) groups is 1. The van der Waals surface area contributed by atoms with E-state index in [2.05, 4.69) is 36.2 Å². The van der Waals surface area contributed by atoms with Gasteiger partial charge in [-0.15, -0.1) is 11.8 Å². The van der Waals surface area contributed by atoms with Crippen molar-refractivity contribution in [3.8, 4) is 0 Å². The number of hydrogen-bond donors (Lipinski definition) is 1. The molecule has 0 saturated heterocycles. The molecule has 0 bridgehead atoms. The number of thioether (sulfide) groups is 1. The number of amides is 1. The van der Waals surface area contributed by atoms with Gasteiger partial charge in [-0.05, 0) is 37.7 Å². The molecular weight excluding hydrogens is 332 g/mol. The van der Waals surface area contributed by atoms with Crippen LogP contribution in [-0.4, -0.2) is 35.7 Å². The molecule has 2 aromatic rings. The molecule has 1 amide bonds. The molecule has 0 radical (unpaired) electrons. The maximum atomic E-state index is 12.5. The van der Waals surface area contributed by atoms with Crippen LogP contribution in [0.2, 0.25) is 0 Å². The van der Waals surface area contributed by atoms with E-state index in [9.17, 15) is 4.79 Å². The summed E-state index contributed by atoms with van der Waals surface area (Å²) in [5.74, 6) is 1.81. The zero-order chi connectivity index (χ0) is 18.1. The number of furan rings is 1. The highest BCUT2D eigenvalue weighted by molar-refractivity contribution is 7.99. The lowest BCUT2D eigenvalue weighted by Gasteiger charge is -2.28. The summed E-state index contributed by atoms with van der Waals surface area (Å²) in [6.07, 6.45) is 1.69. The van der Waals surface area contributed by atoms with Gasteiger partial charge in [-0.2, -0.15) is 0 Å². The molecule has 2 atom stereocenters. The molecule has 0 saturated carbocycles. The van der Waals surface area contributed by atoms with Crippen LogP contribution < -0.4 is 5.32 Å². The largest absolute Gasteiger partial charge is 0.468 e. The fraction of sp³-hybridized carbons (Fsp3) is 0.450. The minimum Gasteiger partial charge on any atom is -0.468 e. The lowest BCUT2D eigenvalue weighted by Crippen LogP contribution is -2.40. The lowest BCUT2D eigenvalue weighted by atomic mass is 10.2. The van der Waals surface area contributed by atoms with Gasteiger partial charge in [0.15, 0.2) is 0 Å². The van der Waals surface area contributed by atoms with Crippen molar-refractivity contribution in [1.82, 2.24) is 10.2 Å². The van der Waals surface area contributed by atoms with Crippen LogP contribution in [0, 0.1) is 0 Å². The van der Waals surface area contributed by atoms with Crippen LogP contribution in [0.5, 0.6) is 0 Å². The maximum Gasteiger partial charge on any atom is 0.232 e. The minimum atomic E-state index is -0.0887. The molecular formula is C20H28N2O2S. The first kappa shape index (κ1) is 19.6. The fourth-order valence-electron chi connectivity index (χ4n) is 2.77. The molecule has 0 aliphatic heterocycles. The lowest BCUT2D eigenvalue weighted by molar-refractivity contribution is -0.120. The van der Waals surface area contributed by atoms with Crippen LogP contribution in [0.15, 0.2) is 53.1 Å². The smallest absolute Gasteiger partial charge is 0.232 e. The summed E-state index contributed by atoms with van der Waals surface area (Å²) in [5, 5.41) is 3.01. The first-order valence-corrected chi connectivity index (χ1v) is 9.91. The predicted molar refractivity (Wildman–Crippen MR) is 105 cm³/mol. The molecule has 0 fully saturated rings. The topological polar surface area (TPSA) is 45.5 Å². The van der Waals surface area contributed by atoms with Crippen molar-refractivity contribution in [2.24, 2.45) is 0 Å². The van der Waals surface area contributed by atoms with Gasteiger partial charge in [0.05, 0.1) is 17.6 Å². The standard InChI is InChI=1S/C20H28N2O2S/c1-4-22(5-2)18(19-12-9-13-24-19)14-21-20(23)16(3)25-15-17-10-7-6-8-11-17/h6-13,16,18H,4-5,14-15H2,1-3H3,(H,21,23). The molecule has 1 heterocycles. The van der Waals surface area contributed by atoms with E-state index in [1.54, 1.807) is 18.0 Å². The minimum absolute atomic E-state index is 0.0697. The Morgan fingerprint density at radius 3 is 2.48 bits per heavy atom. The summed E-state index contributed by atoms with van der Waals surface area (Å²) in [4.78, 5) is 14.7. The van der Waals surface area contributed by atoms with Crippen molar-refractivity contribution in [2.75, 3.05) is 19.6 Å². The summed E-state index contributed by atoms with van der Waals surface area (Å²) in [6, 6.07) is 14.2. The summed E-state index contributed by atoms with van der Waals surface area (Å²) >= 11 is 1.66. The van der Waals surface area contributed by atoms with Crippen LogP contribution in [-0.2, 0) is 10.5 Å². The highest BCUT2D eigenvalue weighted by atomic mass is 32.2. The Morgan fingerprint density at radius 2 is 1.88 bits per heavy atom. The Balaban J connectivity index is 1.87. The second kappa shape index (κ2) is 10.3. The Bertz CT molecular complexity index is 612. The molecule has 2 rings (SSSR count). The zero-order valence-electron chi connectivity index (χ0n) is 15.3. The number of rotatable bonds is 10. The van der Waals surface area contributed by atoms with Crippen molar-refractivity contribution >= 4 is 17.7 Å². The highest BCUT2D eigenvalue weighted by Gasteiger charge is 2.22. The normalized spacial score (nSPS) is 13.6. The van der Waals surface area contributed by atoms with E-state index >= 15 is 0 Å². The van der Waals surface area contributed by atoms with Gasteiger partial charge in [0, 0.05) is 12.3 Å². The van der Waals surface area contributed by atoms with Gasteiger partial charge in [0.25, 0.3) is 0 Å². The monoisotopic (exact) mass is 360 g/mol. The summed E-state index contributed by atoms with van der Waals surface area (Å²) in [7, 11) is 0. The summed E-state index contributed by atoms with van der Waals surface area (Å²) in [5.41, 5.74) is 1.24. The number of benzene rings is 1. The zero-order valence-corrected chi connectivity index (χ0v) is 16.1. The molecule has 2 unspecified atom stereocenters. The Labute approximate surface area is 155 Å². The van der Waals surface area contributed by atoms with Gasteiger partial charge in [0.2, 0.25) is 5.91 Å². The molecule has 25 heavy (non-hydrogen) atoms. The van der Waals surface area contributed by atoms with E-state index in [1.165, 1.54) is 5.56 Å². The van der Waals surface area contributed by atoms with Crippen molar-refractivity contribution in [2.45, 2.75) is 37.8 Å². The number of carbonyl (C=O) groups excluding carboxylic acids is 1. The van der Waals surface area contributed by atoms with Gasteiger partial charge in [-0.1, -0.05) is 44.2 Å². The van der Waals surface area contributed by atoms with Crippen LogP contribution in [0.4, 0.5) is 0 Å². The Kier molecular flexibility index (Phi) is 8.09. The van der Waals surface area contributed by atoms with Gasteiger partial charge in [0.1, 0.15) is 5.76 Å². The van der Waals surface area contributed by atoms with Gasteiger partial charge < -0.3 is 9.73 Å². The molecule has 1 aromatic carbocycles. The van der Waals surface area contributed by atoms with Crippen LogP contribution in [0.3, 0.4) is 0 Å². The first-order valence-electron chi connectivity index (χ1n) is 8.86. The molecule has 1 aromatic heterocycles. The van der Waals surface area contributed by atoms with E-state index in [-0.39, 0.29) is 17.2 Å². The molecule has 136 valence electrons. The average molecular weight is 361 g/mol. The van der Waals surface area contributed by atoms with Crippen molar-refractivity contribution < 1.29 is 9.21 Å². The first-order chi connectivity index (χ1) is 12.2. The molecule has 4 nitrogen and oxygen atoms in total. The third-order valence-corrected chi connectivity index (χ3v) is 5.52. The van der Waals surface area contributed by atoms with E-state index < -0.39 is 0 Å². The van der Waals surface area contributed by atoms with E-state index in [0.29, 0.717) is 6.54 Å². The van der Waals surface area contributed by atoms with Crippen molar-refractivity contribution in [3.63, 3.8) is 0 Å². The second-order valence-electron chi connectivity index (χ2n) is 5.94. The summed E-state index contributed by atoms with van der Waals surface area (Å²) < 4.78 is 5.58. The van der Waals surface area contributed by atoms with Crippen LogP contribution >= 0.6 is 11.8 Å². The van der Waals surface area contributed by atoms with Gasteiger partial charge in [-0.3, -0.25) is 9.69 Å². The van der Waals surface area contributed by atoms with E-state index in [0.717, 1.165) is 24.6 Å². The molecule has 0 aliphatic carbocycles. The van der Waals surface area contributed by atoms with Gasteiger partial charge >= 0.3 is 0 Å². The third kappa shape index (κ3) is 5.94.